The van der Waals surface area contributed by atoms with Crippen molar-refractivity contribution < 1.29 is 4.79 Å². The third-order valence-electron chi connectivity index (χ3n) is 6.49. The van der Waals surface area contributed by atoms with Crippen molar-refractivity contribution in [3.05, 3.63) is 53.0 Å². The van der Waals surface area contributed by atoms with Crippen molar-refractivity contribution in [2.75, 3.05) is 18.4 Å². The summed E-state index contributed by atoms with van der Waals surface area (Å²) in [6.45, 7) is 6.42. The van der Waals surface area contributed by atoms with Gasteiger partial charge in [0.2, 0.25) is 5.91 Å². The number of hydrogen-bond acceptors (Lipinski definition) is 5. The summed E-state index contributed by atoms with van der Waals surface area (Å²) in [7, 11) is 0. The molecule has 1 spiro atoms. The van der Waals surface area contributed by atoms with Gasteiger partial charge in [0.25, 0.3) is 0 Å². The van der Waals surface area contributed by atoms with Gasteiger partial charge < -0.3 is 11.1 Å². The molecule has 6 heteroatoms. The summed E-state index contributed by atoms with van der Waals surface area (Å²) < 4.78 is 0. The highest BCUT2D eigenvalue weighted by Gasteiger charge is 2.44. The third kappa shape index (κ3) is 3.49. The Kier molecular flexibility index (Phi) is 5.06. The molecule has 28 heavy (non-hydrogen) atoms. The number of anilines is 1. The van der Waals surface area contributed by atoms with Gasteiger partial charge in [-0.15, -0.1) is 0 Å². The first-order chi connectivity index (χ1) is 13.5. The second-order valence-corrected chi connectivity index (χ2v) is 8.18. The number of carbonyl (C=O) groups excluding carboxylic acids is 1. The minimum absolute atomic E-state index is 0.111. The predicted octanol–water partition coefficient (Wildman–Crippen LogP) is 2.55. The maximum atomic E-state index is 11.5. The molecule has 1 atom stereocenters. The van der Waals surface area contributed by atoms with Crippen molar-refractivity contribution in [2.24, 2.45) is 5.73 Å². The molecule has 4 rings (SSSR count). The van der Waals surface area contributed by atoms with Crippen LogP contribution in [0.3, 0.4) is 0 Å². The van der Waals surface area contributed by atoms with Gasteiger partial charge in [-0.25, -0.2) is 9.97 Å². The van der Waals surface area contributed by atoms with Gasteiger partial charge in [0.15, 0.2) is 0 Å². The van der Waals surface area contributed by atoms with Gasteiger partial charge in [-0.1, -0.05) is 30.3 Å². The predicted molar refractivity (Wildman–Crippen MR) is 110 cm³/mol. The van der Waals surface area contributed by atoms with E-state index in [4.69, 9.17) is 15.7 Å². The van der Waals surface area contributed by atoms with E-state index in [0.29, 0.717) is 0 Å². The van der Waals surface area contributed by atoms with Crippen LogP contribution in [0.5, 0.6) is 0 Å². The Bertz CT molecular complexity index is 859. The molecule has 3 N–H and O–H groups in total. The van der Waals surface area contributed by atoms with E-state index in [9.17, 15) is 4.79 Å². The second kappa shape index (κ2) is 7.51. The third-order valence-corrected chi connectivity index (χ3v) is 6.49. The minimum Gasteiger partial charge on any atom is -0.368 e. The number of carbonyl (C=O) groups is 1. The fraction of sp³-hybridized carbons (Fsp3) is 0.500. The highest BCUT2D eigenvalue weighted by Crippen LogP contribution is 2.47. The zero-order valence-electron chi connectivity index (χ0n) is 16.7. The number of primary amides is 1. The molecule has 1 aliphatic carbocycles. The first-order valence-corrected chi connectivity index (χ1v) is 10.2. The van der Waals surface area contributed by atoms with Crippen molar-refractivity contribution in [1.29, 1.82) is 0 Å². The minimum atomic E-state index is -0.242. The number of aryl methyl sites for hydroxylation is 1. The van der Waals surface area contributed by atoms with Crippen LogP contribution in [-0.2, 0) is 23.2 Å². The SMILES string of the molecule is Cc1nc(NCc2ccccc2)c2c(n1)C1(CC2)CCN(C(C)C(N)=O)CC1. The molecular formula is C22H29N5O. The zero-order valence-corrected chi connectivity index (χ0v) is 16.7. The molecule has 1 amide bonds. The smallest absolute Gasteiger partial charge is 0.234 e. The van der Waals surface area contributed by atoms with Crippen LogP contribution in [0.2, 0.25) is 0 Å². The van der Waals surface area contributed by atoms with Gasteiger partial charge in [0.1, 0.15) is 11.6 Å². The number of benzene rings is 1. The quantitative estimate of drug-likeness (QED) is 0.834. The molecule has 6 nitrogen and oxygen atoms in total. The average molecular weight is 380 g/mol. The molecule has 2 aromatic rings. The Morgan fingerprint density at radius 3 is 2.61 bits per heavy atom. The second-order valence-electron chi connectivity index (χ2n) is 8.18. The summed E-state index contributed by atoms with van der Waals surface area (Å²) >= 11 is 0. The monoisotopic (exact) mass is 379 g/mol. The Hall–Kier alpha value is -2.47. The number of aromatic nitrogens is 2. The van der Waals surface area contributed by atoms with Crippen molar-refractivity contribution in [3.8, 4) is 0 Å². The fourth-order valence-corrected chi connectivity index (χ4v) is 4.69. The van der Waals surface area contributed by atoms with Crippen LogP contribution in [0.1, 0.15) is 48.8 Å². The molecule has 1 aromatic carbocycles. The van der Waals surface area contributed by atoms with E-state index >= 15 is 0 Å². The summed E-state index contributed by atoms with van der Waals surface area (Å²) in [5.41, 5.74) is 9.36. The van der Waals surface area contributed by atoms with Crippen molar-refractivity contribution in [1.82, 2.24) is 14.9 Å². The number of amides is 1. The van der Waals surface area contributed by atoms with Crippen LogP contribution in [0.4, 0.5) is 5.82 Å². The van der Waals surface area contributed by atoms with E-state index in [2.05, 4.69) is 34.5 Å². The molecule has 1 aromatic heterocycles. The number of nitrogens with two attached hydrogens (primary N) is 1. The number of fused-ring (bicyclic) bond motifs is 2. The van der Waals surface area contributed by atoms with Crippen LogP contribution in [-0.4, -0.2) is 39.9 Å². The molecule has 148 valence electrons. The number of piperidine rings is 1. The molecule has 2 aliphatic rings. The Morgan fingerprint density at radius 1 is 1.21 bits per heavy atom. The van der Waals surface area contributed by atoms with E-state index < -0.39 is 0 Å². The molecule has 1 aliphatic heterocycles. The van der Waals surface area contributed by atoms with Crippen molar-refractivity contribution >= 4 is 11.7 Å². The summed E-state index contributed by atoms with van der Waals surface area (Å²) in [5, 5.41) is 3.54. The molecule has 1 unspecified atom stereocenters. The van der Waals surface area contributed by atoms with Gasteiger partial charge in [0.05, 0.1) is 11.7 Å². The van der Waals surface area contributed by atoms with Gasteiger partial charge in [-0.2, -0.15) is 0 Å². The van der Waals surface area contributed by atoms with Crippen LogP contribution in [0, 0.1) is 6.92 Å². The number of rotatable bonds is 5. The average Bonchev–Trinajstić information content (AvgIpc) is 3.05. The largest absolute Gasteiger partial charge is 0.368 e. The number of nitrogens with one attached hydrogen (secondary N) is 1. The normalized spacial score (nSPS) is 19.4. The standard InChI is InChI=1S/C22H29N5O/c1-15(20(23)28)27-12-10-22(11-13-27)9-8-18-19(22)25-16(2)26-21(18)24-14-17-6-4-3-5-7-17/h3-7,15H,8-14H2,1-2H3,(H2,23,28)(H,24,25,26). The van der Waals surface area contributed by atoms with Gasteiger partial charge in [-0.3, -0.25) is 9.69 Å². The number of hydrogen-bond donors (Lipinski definition) is 2. The molecule has 1 fully saturated rings. The van der Waals surface area contributed by atoms with Gasteiger partial charge in [-0.05, 0) is 58.2 Å². The van der Waals surface area contributed by atoms with Gasteiger partial charge >= 0.3 is 0 Å². The summed E-state index contributed by atoms with van der Waals surface area (Å²) in [6, 6.07) is 10.2. The first kappa shape index (κ1) is 18.9. The highest BCUT2D eigenvalue weighted by atomic mass is 16.1. The molecule has 0 bridgehead atoms. The maximum Gasteiger partial charge on any atom is 0.234 e. The van der Waals surface area contributed by atoms with Crippen LogP contribution in [0.25, 0.3) is 0 Å². The number of nitrogens with zero attached hydrogens (tertiary/aromatic N) is 3. The number of likely N-dealkylation sites (tertiary alicyclic amines) is 1. The van der Waals surface area contributed by atoms with Gasteiger partial charge in [0, 0.05) is 17.5 Å². The van der Waals surface area contributed by atoms with E-state index in [-0.39, 0.29) is 17.4 Å². The summed E-state index contributed by atoms with van der Waals surface area (Å²) in [6.07, 6.45) is 4.16. The lowest BCUT2D eigenvalue weighted by atomic mass is 9.76. The lowest BCUT2D eigenvalue weighted by Gasteiger charge is -2.41. The molecule has 0 saturated carbocycles. The Labute approximate surface area is 166 Å². The zero-order chi connectivity index (χ0) is 19.7. The fourth-order valence-electron chi connectivity index (χ4n) is 4.69. The van der Waals surface area contributed by atoms with E-state index in [0.717, 1.165) is 57.0 Å². The molecular weight excluding hydrogens is 350 g/mol. The lowest BCUT2D eigenvalue weighted by Crippen LogP contribution is -2.50. The first-order valence-electron chi connectivity index (χ1n) is 10.2. The van der Waals surface area contributed by atoms with E-state index in [1.807, 2.05) is 19.9 Å². The van der Waals surface area contributed by atoms with Crippen LogP contribution in [0.15, 0.2) is 30.3 Å². The Balaban J connectivity index is 1.54. The van der Waals surface area contributed by atoms with Crippen LogP contribution < -0.4 is 11.1 Å². The maximum absolute atomic E-state index is 11.5. The molecule has 0 radical (unpaired) electrons. The van der Waals surface area contributed by atoms with Crippen molar-refractivity contribution in [3.63, 3.8) is 0 Å². The molecule has 1 saturated heterocycles. The summed E-state index contributed by atoms with van der Waals surface area (Å²) in [5.74, 6) is 1.56. The Morgan fingerprint density at radius 2 is 1.93 bits per heavy atom. The van der Waals surface area contributed by atoms with Crippen LogP contribution >= 0.6 is 0 Å². The van der Waals surface area contributed by atoms with E-state index in [1.165, 1.54) is 16.8 Å². The molecule has 2 heterocycles. The lowest BCUT2D eigenvalue weighted by molar-refractivity contribution is -0.123. The topological polar surface area (TPSA) is 84.1 Å². The van der Waals surface area contributed by atoms with Crippen molar-refractivity contribution in [2.45, 2.75) is 57.5 Å². The highest BCUT2D eigenvalue weighted by molar-refractivity contribution is 5.79. The summed E-state index contributed by atoms with van der Waals surface area (Å²) in [4.78, 5) is 23.3. The van der Waals surface area contributed by atoms with E-state index in [1.54, 1.807) is 0 Å².